The fourth-order valence-corrected chi connectivity index (χ4v) is 7.00. The number of halogens is 1. The van der Waals surface area contributed by atoms with E-state index in [1.54, 1.807) is 11.8 Å². The topological polar surface area (TPSA) is 80.5 Å². The van der Waals surface area contributed by atoms with Gasteiger partial charge in [-0.3, -0.25) is 10.1 Å². The first kappa shape index (κ1) is 16.0. The molecule has 0 spiro atoms. The molecule has 1 aliphatic rings. The highest BCUT2D eigenvalue weighted by Crippen LogP contribution is 2.38. The van der Waals surface area contributed by atoms with Crippen LogP contribution < -0.4 is 0 Å². The van der Waals surface area contributed by atoms with Crippen LogP contribution in [0.15, 0.2) is 10.3 Å². The molecular weight excluding hydrogens is 344 g/mol. The van der Waals surface area contributed by atoms with Gasteiger partial charge in [-0.05, 0) is 0 Å². The average molecular weight is 357 g/mol. The molecule has 0 radical (unpaired) electrons. The first-order valence-corrected chi connectivity index (χ1v) is 9.39. The van der Waals surface area contributed by atoms with Gasteiger partial charge in [-0.1, -0.05) is 25.4 Å². The van der Waals surface area contributed by atoms with Gasteiger partial charge in [-0.2, -0.15) is 16.1 Å². The third-order valence-corrected chi connectivity index (χ3v) is 7.67. The molecule has 2 unspecified atom stereocenters. The van der Waals surface area contributed by atoms with E-state index in [0.29, 0.717) is 13.1 Å². The molecule has 2 atom stereocenters. The van der Waals surface area contributed by atoms with E-state index in [1.807, 2.05) is 13.8 Å². The van der Waals surface area contributed by atoms with E-state index < -0.39 is 14.9 Å². The summed E-state index contributed by atoms with van der Waals surface area (Å²) in [4.78, 5) is 10.1. The Kier molecular flexibility index (Phi) is 4.65. The van der Waals surface area contributed by atoms with Gasteiger partial charge in [-0.15, -0.1) is 11.3 Å². The lowest BCUT2D eigenvalue weighted by atomic mass is 10.4. The van der Waals surface area contributed by atoms with Gasteiger partial charge in [0.15, 0.2) is 4.34 Å². The van der Waals surface area contributed by atoms with Gasteiger partial charge in [0.2, 0.25) is 0 Å². The molecule has 0 N–H and O–H groups in total. The lowest BCUT2D eigenvalue weighted by Gasteiger charge is -2.33. The van der Waals surface area contributed by atoms with E-state index >= 15 is 0 Å². The Labute approximate surface area is 130 Å². The summed E-state index contributed by atoms with van der Waals surface area (Å²) in [6.45, 7) is 4.74. The molecule has 6 nitrogen and oxygen atoms in total. The van der Waals surface area contributed by atoms with Crippen LogP contribution in [0.5, 0.6) is 0 Å². The van der Waals surface area contributed by atoms with Crippen molar-refractivity contribution in [3.05, 3.63) is 20.5 Å². The van der Waals surface area contributed by atoms with E-state index in [-0.39, 0.29) is 24.7 Å². The standard InChI is InChI=1S/C10H13ClN2O4S3/c1-6-4-12(5-7(2)18-6)20(16,17)9-3-8(13(14)15)10(11)19-9/h3,6-7H,4-5H2,1-2H3. The molecule has 2 rings (SSSR count). The van der Waals surface area contributed by atoms with Gasteiger partial charge in [0.1, 0.15) is 4.21 Å². The zero-order chi connectivity index (χ0) is 15.1. The summed E-state index contributed by atoms with van der Waals surface area (Å²) >= 11 is 8.20. The molecular formula is C10H13ClN2O4S3. The Balaban J connectivity index is 2.35. The van der Waals surface area contributed by atoms with Crippen molar-refractivity contribution in [3.63, 3.8) is 0 Å². The van der Waals surface area contributed by atoms with Gasteiger partial charge in [0.25, 0.3) is 15.7 Å². The highest BCUT2D eigenvalue weighted by atomic mass is 35.5. The van der Waals surface area contributed by atoms with Crippen LogP contribution >= 0.6 is 34.7 Å². The SMILES string of the molecule is CC1CN(S(=O)(=O)c2cc([N+](=O)[O-])c(Cl)s2)CC(C)S1. The predicted octanol–water partition coefficient (Wildman–Crippen LogP) is 2.82. The van der Waals surface area contributed by atoms with Gasteiger partial charge >= 0.3 is 0 Å². The molecule has 0 aromatic carbocycles. The van der Waals surface area contributed by atoms with Crippen molar-refractivity contribution in [1.29, 1.82) is 0 Å². The summed E-state index contributed by atoms with van der Waals surface area (Å²) in [5.74, 6) is 0. The van der Waals surface area contributed by atoms with Crippen LogP contribution in [0.2, 0.25) is 4.34 Å². The van der Waals surface area contributed by atoms with Gasteiger partial charge in [-0.25, -0.2) is 8.42 Å². The van der Waals surface area contributed by atoms with Crippen molar-refractivity contribution in [2.45, 2.75) is 28.6 Å². The Morgan fingerprint density at radius 3 is 2.40 bits per heavy atom. The second-order valence-corrected chi connectivity index (χ2v) is 10.3. The van der Waals surface area contributed by atoms with Crippen molar-refractivity contribution >= 4 is 50.4 Å². The van der Waals surface area contributed by atoms with E-state index in [4.69, 9.17) is 11.6 Å². The molecule has 20 heavy (non-hydrogen) atoms. The normalized spacial score (nSPS) is 24.8. The molecule has 112 valence electrons. The molecule has 2 heterocycles. The van der Waals surface area contributed by atoms with E-state index in [2.05, 4.69) is 0 Å². The zero-order valence-corrected chi connectivity index (χ0v) is 14.0. The van der Waals surface area contributed by atoms with Crippen molar-refractivity contribution in [2.75, 3.05) is 13.1 Å². The smallest absolute Gasteiger partial charge is 0.258 e. The Bertz CT molecular complexity index is 620. The number of rotatable bonds is 3. The summed E-state index contributed by atoms with van der Waals surface area (Å²) in [5, 5.41) is 11.1. The van der Waals surface area contributed by atoms with Gasteiger partial charge in [0.05, 0.1) is 4.92 Å². The Morgan fingerprint density at radius 1 is 1.40 bits per heavy atom. The highest BCUT2D eigenvalue weighted by molar-refractivity contribution is 8.00. The minimum Gasteiger partial charge on any atom is -0.258 e. The second kappa shape index (κ2) is 5.80. The van der Waals surface area contributed by atoms with Crippen molar-refractivity contribution in [2.24, 2.45) is 0 Å². The van der Waals surface area contributed by atoms with Crippen LogP contribution in [0, 0.1) is 10.1 Å². The summed E-state index contributed by atoms with van der Waals surface area (Å²) in [5.41, 5.74) is -0.359. The number of thioether (sulfide) groups is 1. The molecule has 1 fully saturated rings. The quantitative estimate of drug-likeness (QED) is 0.614. The van der Waals surface area contributed by atoms with Crippen molar-refractivity contribution in [1.82, 2.24) is 4.31 Å². The minimum absolute atomic E-state index is 0.0690. The molecule has 10 heteroatoms. The van der Waals surface area contributed by atoms with E-state index in [1.165, 1.54) is 4.31 Å². The number of nitro groups is 1. The molecule has 0 saturated carbocycles. The lowest BCUT2D eigenvalue weighted by Crippen LogP contribution is -2.43. The van der Waals surface area contributed by atoms with E-state index in [0.717, 1.165) is 17.4 Å². The molecule has 1 aromatic rings. The Hall–Kier alpha value is -0.350. The Morgan fingerprint density at radius 2 is 1.95 bits per heavy atom. The van der Waals surface area contributed by atoms with Crippen LogP contribution in [-0.4, -0.2) is 41.2 Å². The second-order valence-electron chi connectivity index (χ2n) is 4.56. The van der Waals surface area contributed by atoms with Gasteiger partial charge in [0, 0.05) is 29.7 Å². The van der Waals surface area contributed by atoms with E-state index in [9.17, 15) is 18.5 Å². The van der Waals surface area contributed by atoms with Crippen LogP contribution in [0.3, 0.4) is 0 Å². The fourth-order valence-electron chi connectivity index (χ4n) is 2.04. The first-order chi connectivity index (χ1) is 9.21. The number of nitrogens with zero attached hydrogens (tertiary/aromatic N) is 2. The van der Waals surface area contributed by atoms with Gasteiger partial charge < -0.3 is 0 Å². The molecule has 1 aromatic heterocycles. The molecule has 0 aliphatic carbocycles. The monoisotopic (exact) mass is 356 g/mol. The molecule has 1 saturated heterocycles. The van der Waals surface area contributed by atoms with Crippen LogP contribution in [0.25, 0.3) is 0 Å². The highest BCUT2D eigenvalue weighted by Gasteiger charge is 2.35. The maximum absolute atomic E-state index is 12.5. The van der Waals surface area contributed by atoms with Crippen LogP contribution in [-0.2, 0) is 10.0 Å². The predicted molar refractivity (Wildman–Crippen MR) is 81.3 cm³/mol. The van der Waals surface area contributed by atoms with Crippen molar-refractivity contribution in [3.8, 4) is 0 Å². The fraction of sp³-hybridized carbons (Fsp3) is 0.600. The maximum atomic E-state index is 12.5. The summed E-state index contributed by atoms with van der Waals surface area (Å²) in [6, 6.07) is 1.04. The molecule has 0 bridgehead atoms. The first-order valence-electron chi connectivity index (χ1n) is 5.81. The summed E-state index contributed by atoms with van der Waals surface area (Å²) < 4.78 is 26.2. The lowest BCUT2D eigenvalue weighted by molar-refractivity contribution is -0.384. The summed E-state index contributed by atoms with van der Waals surface area (Å²) in [6.07, 6.45) is 0. The number of hydrogen-bond donors (Lipinski definition) is 0. The van der Waals surface area contributed by atoms with Crippen LogP contribution in [0.4, 0.5) is 5.69 Å². The average Bonchev–Trinajstić information content (AvgIpc) is 2.70. The van der Waals surface area contributed by atoms with Crippen LogP contribution in [0.1, 0.15) is 13.8 Å². The largest absolute Gasteiger partial charge is 0.300 e. The number of thiophene rings is 1. The molecule has 0 amide bonds. The third-order valence-electron chi connectivity index (χ3n) is 2.82. The van der Waals surface area contributed by atoms with Crippen molar-refractivity contribution < 1.29 is 13.3 Å². The summed E-state index contributed by atoms with van der Waals surface area (Å²) in [7, 11) is -3.71. The number of sulfonamides is 1. The zero-order valence-electron chi connectivity index (χ0n) is 10.8. The number of hydrogen-bond acceptors (Lipinski definition) is 6. The third kappa shape index (κ3) is 3.11. The minimum atomic E-state index is -3.71. The maximum Gasteiger partial charge on any atom is 0.300 e. The molecule has 1 aliphatic heterocycles.